The number of aliphatic carboxylic acids is 1. The van der Waals surface area contributed by atoms with Gasteiger partial charge >= 0.3 is 0 Å². The van der Waals surface area contributed by atoms with Gasteiger partial charge in [0.25, 0.3) is 5.97 Å². The molecule has 1 aliphatic carbocycles. The molecule has 1 fully saturated rings. The maximum Gasteiger partial charge on any atom is 0.300 e. The normalized spacial score (nSPS) is 40.6. The van der Waals surface area contributed by atoms with Crippen molar-refractivity contribution in [2.24, 2.45) is 0 Å². The van der Waals surface area contributed by atoms with Crippen LogP contribution in [0.15, 0.2) is 0 Å². The molecule has 0 amide bonds. The highest BCUT2D eigenvalue weighted by atomic mass is 35.5. The van der Waals surface area contributed by atoms with Crippen LogP contribution in [0.1, 0.15) is 6.92 Å². The molecule has 0 aliphatic heterocycles. The molecular formula is C8H13Cl6NO2. The van der Waals surface area contributed by atoms with Crippen molar-refractivity contribution in [3.63, 3.8) is 0 Å². The predicted molar refractivity (Wildman–Crippen MR) is 76.2 cm³/mol. The highest BCUT2D eigenvalue weighted by Crippen LogP contribution is 2.39. The van der Waals surface area contributed by atoms with Gasteiger partial charge in [-0.2, -0.15) is 0 Å². The van der Waals surface area contributed by atoms with E-state index >= 15 is 0 Å². The molecule has 3 nitrogen and oxygen atoms in total. The third-order valence-electron chi connectivity index (χ3n) is 1.83. The average Bonchev–Trinajstić information content (AvgIpc) is 2.20. The Morgan fingerprint density at radius 1 is 0.765 bits per heavy atom. The fourth-order valence-corrected chi connectivity index (χ4v) is 3.38. The zero-order chi connectivity index (χ0) is 13.0. The van der Waals surface area contributed by atoms with Gasteiger partial charge in [0, 0.05) is 6.92 Å². The Labute approximate surface area is 130 Å². The van der Waals surface area contributed by atoms with Gasteiger partial charge in [-0.3, -0.25) is 4.79 Å². The standard InChI is InChI=1S/C6H6Cl6.C2H4O2.H3N/c7-1-2(8)4(10)6(12)5(11)3(1)9;1-2(3)4;/h1-6H;1H3,(H,3,4);1H3. The molecule has 104 valence electrons. The molecule has 0 heterocycles. The summed E-state index contributed by atoms with van der Waals surface area (Å²) in [7, 11) is 0. The number of halogens is 6. The fraction of sp³-hybridized carbons (Fsp3) is 0.875. The Morgan fingerprint density at radius 2 is 0.824 bits per heavy atom. The van der Waals surface area contributed by atoms with E-state index in [0.29, 0.717) is 0 Å². The van der Waals surface area contributed by atoms with Crippen LogP contribution in [0.5, 0.6) is 0 Å². The van der Waals surface area contributed by atoms with Crippen molar-refractivity contribution in [1.29, 1.82) is 0 Å². The number of hydrogen-bond donors (Lipinski definition) is 2. The van der Waals surface area contributed by atoms with Crippen molar-refractivity contribution >= 4 is 75.6 Å². The third-order valence-corrected chi connectivity index (χ3v) is 5.86. The SMILES string of the molecule is CC(=O)O.ClC1C(Cl)C(Cl)C(Cl)C(Cl)C1Cl.N. The number of carboxylic acid groups (broad SMARTS) is 1. The largest absolute Gasteiger partial charge is 0.481 e. The van der Waals surface area contributed by atoms with E-state index in [9.17, 15) is 0 Å². The number of hydrogen-bond acceptors (Lipinski definition) is 2. The lowest BCUT2D eigenvalue weighted by atomic mass is 9.97. The zero-order valence-corrected chi connectivity index (χ0v) is 13.3. The molecule has 0 radical (unpaired) electrons. The summed E-state index contributed by atoms with van der Waals surface area (Å²) in [6, 6.07) is 0. The molecule has 0 saturated heterocycles. The molecule has 0 aromatic rings. The Hall–Kier alpha value is 1.17. The van der Waals surface area contributed by atoms with Gasteiger partial charge in [0.2, 0.25) is 0 Å². The molecule has 9 heteroatoms. The van der Waals surface area contributed by atoms with Crippen LogP contribution in [0.4, 0.5) is 0 Å². The summed E-state index contributed by atoms with van der Waals surface area (Å²) in [5.41, 5.74) is 0. The lowest BCUT2D eigenvalue weighted by Gasteiger charge is -2.37. The highest BCUT2D eigenvalue weighted by Gasteiger charge is 2.46. The van der Waals surface area contributed by atoms with Gasteiger partial charge in [0.05, 0.1) is 32.3 Å². The molecule has 1 aliphatic rings. The Balaban J connectivity index is 0. The molecular weight excluding hydrogens is 355 g/mol. The molecule has 0 unspecified atom stereocenters. The van der Waals surface area contributed by atoms with E-state index in [4.69, 9.17) is 79.5 Å². The van der Waals surface area contributed by atoms with Crippen molar-refractivity contribution < 1.29 is 9.90 Å². The van der Waals surface area contributed by atoms with Crippen LogP contribution in [0.25, 0.3) is 0 Å². The fourth-order valence-electron chi connectivity index (χ4n) is 1.05. The van der Waals surface area contributed by atoms with Crippen LogP contribution in [0, 0.1) is 0 Å². The van der Waals surface area contributed by atoms with Crippen molar-refractivity contribution in [1.82, 2.24) is 6.15 Å². The van der Waals surface area contributed by atoms with Crippen LogP contribution in [-0.4, -0.2) is 43.3 Å². The first-order valence-corrected chi connectivity index (χ1v) is 6.86. The first kappa shape index (κ1) is 20.5. The van der Waals surface area contributed by atoms with E-state index in [1.165, 1.54) is 0 Å². The summed E-state index contributed by atoms with van der Waals surface area (Å²) in [6.07, 6.45) is 0. The first-order valence-electron chi connectivity index (χ1n) is 4.24. The van der Waals surface area contributed by atoms with Crippen molar-refractivity contribution in [3.05, 3.63) is 0 Å². The van der Waals surface area contributed by atoms with Crippen LogP contribution in [0.3, 0.4) is 0 Å². The predicted octanol–water partition coefficient (Wildman–Crippen LogP) is 3.90. The smallest absolute Gasteiger partial charge is 0.300 e. The topological polar surface area (TPSA) is 72.3 Å². The molecule has 0 spiro atoms. The lowest BCUT2D eigenvalue weighted by molar-refractivity contribution is -0.134. The van der Waals surface area contributed by atoms with E-state index in [0.717, 1.165) is 6.92 Å². The molecule has 17 heavy (non-hydrogen) atoms. The van der Waals surface area contributed by atoms with Gasteiger partial charge in [-0.15, -0.1) is 69.6 Å². The molecule has 0 aromatic heterocycles. The maximum atomic E-state index is 9.00. The van der Waals surface area contributed by atoms with Gasteiger partial charge < -0.3 is 11.3 Å². The number of carbonyl (C=O) groups is 1. The average molecular weight is 368 g/mol. The third kappa shape index (κ3) is 6.24. The van der Waals surface area contributed by atoms with E-state index < -0.39 is 38.2 Å². The number of carboxylic acids is 1. The van der Waals surface area contributed by atoms with Crippen molar-refractivity contribution in [2.45, 2.75) is 39.2 Å². The molecule has 1 saturated carbocycles. The van der Waals surface area contributed by atoms with Gasteiger partial charge in [0.1, 0.15) is 0 Å². The molecule has 0 aromatic carbocycles. The zero-order valence-electron chi connectivity index (χ0n) is 8.79. The van der Waals surface area contributed by atoms with Crippen LogP contribution in [-0.2, 0) is 4.79 Å². The van der Waals surface area contributed by atoms with Crippen LogP contribution in [0.2, 0.25) is 0 Å². The summed E-state index contributed by atoms with van der Waals surface area (Å²) >= 11 is 35.3. The Kier molecular flexibility index (Phi) is 11.0. The molecule has 0 atom stereocenters. The highest BCUT2D eigenvalue weighted by molar-refractivity contribution is 6.45. The number of alkyl halides is 6. The quantitative estimate of drug-likeness (QED) is 0.638. The lowest BCUT2D eigenvalue weighted by Crippen LogP contribution is -2.52. The minimum absolute atomic E-state index is 0. The molecule has 0 bridgehead atoms. The summed E-state index contributed by atoms with van der Waals surface area (Å²) in [6.45, 7) is 1.08. The van der Waals surface area contributed by atoms with E-state index in [2.05, 4.69) is 0 Å². The monoisotopic (exact) mass is 365 g/mol. The summed E-state index contributed by atoms with van der Waals surface area (Å²) in [4.78, 5) is 9.00. The second-order valence-electron chi connectivity index (χ2n) is 3.19. The van der Waals surface area contributed by atoms with Crippen molar-refractivity contribution in [2.75, 3.05) is 0 Å². The summed E-state index contributed by atoms with van der Waals surface area (Å²) in [5.74, 6) is -0.833. The second kappa shape index (κ2) is 9.13. The minimum atomic E-state index is -0.833. The first-order chi connectivity index (χ1) is 7.20. The van der Waals surface area contributed by atoms with Crippen LogP contribution >= 0.6 is 69.6 Å². The maximum absolute atomic E-state index is 9.00. The van der Waals surface area contributed by atoms with Gasteiger partial charge in [-0.05, 0) is 0 Å². The Bertz CT molecular complexity index is 182. The minimum Gasteiger partial charge on any atom is -0.481 e. The van der Waals surface area contributed by atoms with Gasteiger partial charge in [-0.1, -0.05) is 0 Å². The molecule has 1 rings (SSSR count). The molecule has 4 N–H and O–H groups in total. The van der Waals surface area contributed by atoms with E-state index in [1.54, 1.807) is 0 Å². The number of rotatable bonds is 0. The van der Waals surface area contributed by atoms with Crippen molar-refractivity contribution in [3.8, 4) is 0 Å². The summed E-state index contributed by atoms with van der Waals surface area (Å²) < 4.78 is 0. The van der Waals surface area contributed by atoms with Gasteiger partial charge in [-0.25, -0.2) is 0 Å². The van der Waals surface area contributed by atoms with Gasteiger partial charge in [0.15, 0.2) is 0 Å². The Morgan fingerprint density at radius 3 is 0.882 bits per heavy atom. The summed E-state index contributed by atoms with van der Waals surface area (Å²) in [5, 5.41) is 4.80. The van der Waals surface area contributed by atoms with E-state index in [-0.39, 0.29) is 6.15 Å². The van der Waals surface area contributed by atoms with Crippen LogP contribution < -0.4 is 6.15 Å². The second-order valence-corrected chi connectivity index (χ2v) is 6.21. The van der Waals surface area contributed by atoms with E-state index in [1.807, 2.05) is 0 Å².